The fourth-order valence-corrected chi connectivity index (χ4v) is 6.62. The number of amidine groups is 1. The molecular formula is C30H41N6O2P. The first-order chi connectivity index (χ1) is 19.0. The number of nitrogens with one attached hydrogen (secondary N) is 2. The molecule has 0 amide bonds. The Kier molecular flexibility index (Phi) is 10.7. The van der Waals surface area contributed by atoms with Crippen molar-refractivity contribution < 1.29 is 9.59 Å². The molecule has 39 heavy (non-hydrogen) atoms. The first-order valence-electron chi connectivity index (χ1n) is 13.8. The lowest BCUT2D eigenvalue weighted by atomic mass is 9.86. The molecule has 9 heteroatoms. The predicted molar refractivity (Wildman–Crippen MR) is 163 cm³/mol. The molecule has 4 N–H and O–H groups in total. The van der Waals surface area contributed by atoms with E-state index in [1.54, 1.807) is 7.05 Å². The number of benzene rings is 1. The van der Waals surface area contributed by atoms with Gasteiger partial charge in [0.05, 0.1) is 5.70 Å². The minimum atomic E-state index is 0.169. The summed E-state index contributed by atoms with van der Waals surface area (Å²) in [5, 5.41) is 10.1. The Labute approximate surface area is 233 Å². The van der Waals surface area contributed by atoms with E-state index >= 15 is 0 Å². The SMILES string of the molecule is CN/N=C(/N)C1=C(C=O)C(C2CCN(C)C2)CN1c1ccc(PC2=CCCC=C2)cc1.O=C/C=C/C1CCN1. The van der Waals surface area contributed by atoms with Gasteiger partial charge in [-0.05, 0) is 80.6 Å². The third-order valence-electron chi connectivity index (χ3n) is 7.67. The van der Waals surface area contributed by atoms with Crippen LogP contribution in [0.25, 0.3) is 0 Å². The molecule has 0 saturated carbocycles. The molecule has 5 rings (SSSR count). The highest BCUT2D eigenvalue weighted by Crippen LogP contribution is 2.39. The van der Waals surface area contributed by atoms with Crippen LogP contribution in [0.15, 0.2) is 76.3 Å². The lowest BCUT2D eigenvalue weighted by molar-refractivity contribution is -0.105. The van der Waals surface area contributed by atoms with Crippen molar-refractivity contribution >= 4 is 38.0 Å². The highest BCUT2D eigenvalue weighted by Gasteiger charge is 2.40. The van der Waals surface area contributed by atoms with Crippen LogP contribution >= 0.6 is 8.58 Å². The van der Waals surface area contributed by atoms with Gasteiger partial charge in [0.1, 0.15) is 12.6 Å². The molecule has 4 atom stereocenters. The summed E-state index contributed by atoms with van der Waals surface area (Å²) in [5.41, 5.74) is 11.7. The molecule has 0 bridgehead atoms. The molecule has 1 aromatic rings. The number of hydrogen-bond acceptors (Lipinski definition) is 7. The van der Waals surface area contributed by atoms with Crippen LogP contribution in [-0.4, -0.2) is 69.6 Å². The summed E-state index contributed by atoms with van der Waals surface area (Å²) in [4.78, 5) is 26.4. The van der Waals surface area contributed by atoms with E-state index in [1.807, 2.05) is 6.08 Å². The zero-order valence-corrected chi connectivity index (χ0v) is 24.0. The molecule has 1 aliphatic carbocycles. The fourth-order valence-electron chi connectivity index (χ4n) is 5.51. The summed E-state index contributed by atoms with van der Waals surface area (Å²) in [5.74, 6) is 0.988. The van der Waals surface area contributed by atoms with E-state index in [0.717, 1.165) is 75.0 Å². The van der Waals surface area contributed by atoms with E-state index in [0.29, 0.717) is 26.4 Å². The van der Waals surface area contributed by atoms with Crippen molar-refractivity contribution in [3.05, 3.63) is 71.2 Å². The average molecular weight is 549 g/mol. The Morgan fingerprint density at radius 1 is 1.18 bits per heavy atom. The van der Waals surface area contributed by atoms with Crippen LogP contribution in [0.4, 0.5) is 5.69 Å². The van der Waals surface area contributed by atoms with Crippen molar-refractivity contribution in [2.75, 3.05) is 45.2 Å². The van der Waals surface area contributed by atoms with Gasteiger partial charge >= 0.3 is 0 Å². The van der Waals surface area contributed by atoms with Gasteiger partial charge in [-0.2, -0.15) is 5.10 Å². The minimum absolute atomic E-state index is 0.169. The molecule has 3 aliphatic heterocycles. The monoisotopic (exact) mass is 548 g/mol. The Morgan fingerprint density at radius 2 is 1.97 bits per heavy atom. The number of carbonyl (C=O) groups is 2. The summed E-state index contributed by atoms with van der Waals surface area (Å²) in [6.07, 6.45) is 16.6. The van der Waals surface area contributed by atoms with Crippen LogP contribution in [0, 0.1) is 11.8 Å². The van der Waals surface area contributed by atoms with Gasteiger partial charge in [0.25, 0.3) is 0 Å². The standard InChI is InChI=1S/C24H32N5OP.C6H9NO/c1-26-27-24(25)23-22(16-30)21(17-12-13-28(2)14-17)15-29(23)18-8-10-20(11-9-18)31-19-6-4-3-5-7-19;8-5-1-2-6-3-4-7-6/h4,6-11,16-17,21,26,31H,3,5,12-15H2,1-2H3,(H2,25,27);1-2,5-7H,3-4H2/b;2-1+. The third kappa shape index (κ3) is 7.53. The maximum absolute atomic E-state index is 12.2. The van der Waals surface area contributed by atoms with Crippen LogP contribution in [0.2, 0.25) is 0 Å². The number of nitrogens with two attached hydrogens (primary N) is 1. The van der Waals surface area contributed by atoms with E-state index in [-0.39, 0.29) is 5.92 Å². The summed E-state index contributed by atoms with van der Waals surface area (Å²) in [7, 11) is 4.53. The summed E-state index contributed by atoms with van der Waals surface area (Å²) in [6, 6.07) is 9.15. The Morgan fingerprint density at radius 3 is 2.54 bits per heavy atom. The van der Waals surface area contributed by atoms with Gasteiger partial charge in [0, 0.05) is 43.4 Å². The van der Waals surface area contributed by atoms with Crippen molar-refractivity contribution in [3.63, 3.8) is 0 Å². The van der Waals surface area contributed by atoms with E-state index in [2.05, 4.69) is 75.2 Å². The van der Waals surface area contributed by atoms with Gasteiger partial charge in [0.2, 0.25) is 0 Å². The van der Waals surface area contributed by atoms with Gasteiger partial charge in [-0.25, -0.2) is 0 Å². The second-order valence-electron chi connectivity index (χ2n) is 10.4. The molecule has 0 aromatic heterocycles. The largest absolute Gasteiger partial charge is 0.381 e. The number of hydrazone groups is 1. The zero-order chi connectivity index (χ0) is 27.6. The Balaban J connectivity index is 0.000000379. The summed E-state index contributed by atoms with van der Waals surface area (Å²) < 4.78 is 0. The van der Waals surface area contributed by atoms with Crippen molar-refractivity contribution in [3.8, 4) is 0 Å². The number of nitrogens with zero attached hydrogens (tertiary/aromatic N) is 3. The van der Waals surface area contributed by atoms with Crippen LogP contribution in [0.5, 0.6) is 0 Å². The molecule has 4 unspecified atom stereocenters. The molecular weight excluding hydrogens is 507 g/mol. The van der Waals surface area contributed by atoms with Gasteiger partial charge < -0.3 is 26.3 Å². The number of rotatable bonds is 9. The molecule has 8 nitrogen and oxygen atoms in total. The third-order valence-corrected chi connectivity index (χ3v) is 8.95. The van der Waals surface area contributed by atoms with Crippen molar-refractivity contribution in [1.29, 1.82) is 0 Å². The highest BCUT2D eigenvalue weighted by molar-refractivity contribution is 7.52. The van der Waals surface area contributed by atoms with Crippen LogP contribution in [0.3, 0.4) is 0 Å². The molecule has 1 aromatic carbocycles. The van der Waals surface area contributed by atoms with E-state index < -0.39 is 0 Å². The number of hydrogen-bond donors (Lipinski definition) is 3. The van der Waals surface area contributed by atoms with Gasteiger partial charge in [-0.15, -0.1) is 0 Å². The fraction of sp³-hybridized carbons (Fsp3) is 0.433. The minimum Gasteiger partial charge on any atom is -0.381 e. The Hall–Kier alpha value is -3.06. The lowest BCUT2D eigenvalue weighted by Crippen LogP contribution is -2.41. The molecule has 0 radical (unpaired) electrons. The van der Waals surface area contributed by atoms with Gasteiger partial charge in [-0.3, -0.25) is 9.59 Å². The van der Waals surface area contributed by atoms with Crippen LogP contribution in [0.1, 0.15) is 25.7 Å². The quantitative estimate of drug-likeness (QED) is 0.109. The second-order valence-corrected chi connectivity index (χ2v) is 11.8. The van der Waals surface area contributed by atoms with Crippen molar-refractivity contribution in [2.45, 2.75) is 31.7 Å². The van der Waals surface area contributed by atoms with E-state index in [4.69, 9.17) is 5.73 Å². The Bertz CT molecular complexity index is 1150. The number of allylic oxidation sites excluding steroid dienone is 5. The van der Waals surface area contributed by atoms with Gasteiger partial charge in [-0.1, -0.05) is 45.0 Å². The summed E-state index contributed by atoms with van der Waals surface area (Å²) >= 11 is 0. The number of anilines is 1. The molecule has 208 valence electrons. The van der Waals surface area contributed by atoms with Crippen molar-refractivity contribution in [2.24, 2.45) is 22.7 Å². The molecule has 2 fully saturated rings. The average Bonchev–Trinajstić information content (AvgIpc) is 3.53. The van der Waals surface area contributed by atoms with Gasteiger partial charge in [0.15, 0.2) is 5.84 Å². The molecule has 2 saturated heterocycles. The summed E-state index contributed by atoms with van der Waals surface area (Å²) in [6.45, 7) is 3.93. The number of likely N-dealkylation sites (tertiary alicyclic amines) is 1. The van der Waals surface area contributed by atoms with Crippen LogP contribution in [-0.2, 0) is 9.59 Å². The normalized spacial score (nSPS) is 25.6. The predicted octanol–water partition coefficient (Wildman–Crippen LogP) is 2.66. The lowest BCUT2D eigenvalue weighted by Gasteiger charge is -2.24. The van der Waals surface area contributed by atoms with Crippen LogP contribution < -0.4 is 26.7 Å². The number of carbonyl (C=O) groups excluding carboxylic acids is 2. The highest BCUT2D eigenvalue weighted by atomic mass is 31.1. The molecule has 0 spiro atoms. The first-order valence-corrected chi connectivity index (χ1v) is 14.8. The topological polar surface area (TPSA) is 103 Å². The van der Waals surface area contributed by atoms with E-state index in [9.17, 15) is 9.59 Å². The smallest absolute Gasteiger partial charge is 0.167 e. The maximum Gasteiger partial charge on any atom is 0.167 e. The first kappa shape index (κ1) is 28.9. The van der Waals surface area contributed by atoms with E-state index in [1.165, 1.54) is 23.1 Å². The van der Waals surface area contributed by atoms with Crippen molar-refractivity contribution in [1.82, 2.24) is 15.6 Å². The maximum atomic E-state index is 12.2. The zero-order valence-electron chi connectivity index (χ0n) is 23.0. The molecule has 4 aliphatic rings. The number of aldehydes is 2. The second kappa shape index (κ2) is 14.4. The molecule has 3 heterocycles.